The van der Waals surface area contributed by atoms with Gasteiger partial charge < -0.3 is 4.74 Å². The molecule has 3 heteroatoms. The van der Waals surface area contributed by atoms with Gasteiger partial charge in [-0.3, -0.25) is 4.79 Å². The molecule has 6 rings (SSSR count). The lowest BCUT2D eigenvalue weighted by molar-refractivity contribution is -0.120. The summed E-state index contributed by atoms with van der Waals surface area (Å²) in [6.07, 6.45) is 11.6. The lowest BCUT2D eigenvalue weighted by atomic mass is 9.54. The standard InChI is InChI=1S/C33H34O3/c1-33-20-19-28-27-17-15-26(36-32(35)23-7-3-2-4-8-23)21-24(27)13-16-29(28)30(33)18-14-25(33)11-5-9-22-10-6-12-31(22)34/h2-4,7-8,14-15,17,21-22,28-30H,6,9-10,12-13,16,18-20H2,1H3/t22?,28-,29-,30+,33-/m1/s1. The van der Waals surface area contributed by atoms with E-state index < -0.39 is 0 Å². The molecule has 5 atom stereocenters. The number of esters is 1. The van der Waals surface area contributed by atoms with E-state index >= 15 is 0 Å². The van der Waals surface area contributed by atoms with E-state index in [4.69, 9.17) is 4.74 Å². The molecule has 184 valence electrons. The Hall–Kier alpha value is -3.12. The van der Waals surface area contributed by atoms with E-state index in [2.05, 4.69) is 37.0 Å². The number of ether oxygens (including phenoxy) is 1. The molecule has 4 aliphatic carbocycles. The summed E-state index contributed by atoms with van der Waals surface area (Å²) in [5, 5.41) is 0. The molecule has 0 amide bonds. The second kappa shape index (κ2) is 9.40. The summed E-state index contributed by atoms with van der Waals surface area (Å²) in [5.74, 6) is 9.73. The normalized spacial score (nSPS) is 30.4. The van der Waals surface area contributed by atoms with E-state index in [0.29, 0.717) is 34.8 Å². The van der Waals surface area contributed by atoms with Crippen LogP contribution in [-0.2, 0) is 11.2 Å². The predicted octanol–water partition coefficient (Wildman–Crippen LogP) is 7.06. The van der Waals surface area contributed by atoms with Crippen molar-refractivity contribution in [2.45, 2.75) is 70.6 Å². The third-order valence-electron chi connectivity index (χ3n) is 9.50. The molecule has 2 saturated carbocycles. The first-order valence-corrected chi connectivity index (χ1v) is 13.7. The number of hydrogen-bond donors (Lipinski definition) is 0. The summed E-state index contributed by atoms with van der Waals surface area (Å²) < 4.78 is 5.70. The van der Waals surface area contributed by atoms with Gasteiger partial charge in [-0.15, -0.1) is 0 Å². The van der Waals surface area contributed by atoms with Gasteiger partial charge in [-0.25, -0.2) is 4.79 Å². The van der Waals surface area contributed by atoms with Gasteiger partial charge in [0.25, 0.3) is 0 Å². The van der Waals surface area contributed by atoms with Gasteiger partial charge in [0.15, 0.2) is 0 Å². The van der Waals surface area contributed by atoms with Gasteiger partial charge in [-0.1, -0.05) is 49.1 Å². The highest BCUT2D eigenvalue weighted by molar-refractivity contribution is 5.91. The molecule has 0 N–H and O–H groups in total. The minimum atomic E-state index is -0.305. The Bertz CT molecular complexity index is 1280. The molecule has 0 spiro atoms. The molecule has 0 aliphatic heterocycles. The third-order valence-corrected chi connectivity index (χ3v) is 9.50. The predicted molar refractivity (Wildman–Crippen MR) is 141 cm³/mol. The summed E-state index contributed by atoms with van der Waals surface area (Å²) in [6, 6.07) is 15.5. The summed E-state index contributed by atoms with van der Waals surface area (Å²) >= 11 is 0. The van der Waals surface area contributed by atoms with Gasteiger partial charge in [0.2, 0.25) is 0 Å². The van der Waals surface area contributed by atoms with Crippen LogP contribution in [-0.4, -0.2) is 11.8 Å². The summed E-state index contributed by atoms with van der Waals surface area (Å²) in [5.41, 5.74) is 4.85. The van der Waals surface area contributed by atoms with Crippen molar-refractivity contribution in [2.75, 3.05) is 0 Å². The molecule has 0 bridgehead atoms. The first kappa shape index (κ1) is 23.3. The van der Waals surface area contributed by atoms with Crippen LogP contribution < -0.4 is 4.74 Å². The Balaban J connectivity index is 1.15. The SMILES string of the molecule is C[C@]12CC[C@@H]3c4ccc(OC(=O)c5ccccc5)cc4CC[C@H]3[C@@H]1CC=C2C#CCC1CCCC1=O. The van der Waals surface area contributed by atoms with Crippen molar-refractivity contribution in [3.05, 3.63) is 76.9 Å². The fourth-order valence-electron chi connectivity index (χ4n) is 7.50. The number of aryl methyl sites for hydroxylation is 1. The Kier molecular flexibility index (Phi) is 6.08. The Morgan fingerprint density at radius 2 is 1.94 bits per heavy atom. The number of benzene rings is 2. The maximum absolute atomic E-state index is 12.5. The minimum absolute atomic E-state index is 0.163. The summed E-state index contributed by atoms with van der Waals surface area (Å²) in [4.78, 5) is 24.5. The van der Waals surface area contributed by atoms with Crippen molar-refractivity contribution < 1.29 is 14.3 Å². The zero-order valence-corrected chi connectivity index (χ0v) is 21.1. The van der Waals surface area contributed by atoms with E-state index in [0.717, 1.165) is 44.9 Å². The maximum Gasteiger partial charge on any atom is 0.343 e. The lowest BCUT2D eigenvalue weighted by Gasteiger charge is -2.49. The van der Waals surface area contributed by atoms with Gasteiger partial charge in [0, 0.05) is 29.7 Å². The first-order valence-electron chi connectivity index (χ1n) is 13.7. The highest BCUT2D eigenvalue weighted by Crippen LogP contribution is 2.61. The monoisotopic (exact) mass is 478 g/mol. The second-order valence-electron chi connectivity index (χ2n) is 11.4. The van der Waals surface area contributed by atoms with Crippen LogP contribution in [0.25, 0.3) is 0 Å². The van der Waals surface area contributed by atoms with E-state index in [1.54, 1.807) is 12.1 Å². The van der Waals surface area contributed by atoms with Crippen LogP contribution in [0, 0.1) is 35.0 Å². The van der Waals surface area contributed by atoms with Crippen LogP contribution in [0.15, 0.2) is 60.2 Å². The molecule has 0 saturated heterocycles. The fourth-order valence-corrected chi connectivity index (χ4v) is 7.50. The largest absolute Gasteiger partial charge is 0.423 e. The molecular formula is C33H34O3. The number of fused-ring (bicyclic) bond motifs is 5. The first-order chi connectivity index (χ1) is 17.5. The van der Waals surface area contributed by atoms with Crippen molar-refractivity contribution in [3.63, 3.8) is 0 Å². The molecule has 2 aromatic rings. The average Bonchev–Trinajstić information content (AvgIpc) is 3.46. The topological polar surface area (TPSA) is 43.4 Å². The second-order valence-corrected chi connectivity index (χ2v) is 11.4. The van der Waals surface area contributed by atoms with E-state index in [1.807, 2.05) is 24.3 Å². The Morgan fingerprint density at radius 3 is 2.75 bits per heavy atom. The zero-order valence-electron chi connectivity index (χ0n) is 21.1. The van der Waals surface area contributed by atoms with Crippen molar-refractivity contribution in [1.29, 1.82) is 0 Å². The van der Waals surface area contributed by atoms with Gasteiger partial charge in [-0.2, -0.15) is 0 Å². The zero-order chi connectivity index (χ0) is 24.7. The minimum Gasteiger partial charge on any atom is -0.423 e. The van der Waals surface area contributed by atoms with Crippen LogP contribution >= 0.6 is 0 Å². The fraction of sp³-hybridized carbons (Fsp3) is 0.455. The maximum atomic E-state index is 12.5. The number of ketones is 1. The molecule has 36 heavy (non-hydrogen) atoms. The molecule has 1 unspecified atom stereocenters. The van der Waals surface area contributed by atoms with Gasteiger partial charge in [-0.05, 0) is 98.1 Å². The van der Waals surface area contributed by atoms with Crippen LogP contribution in [0.5, 0.6) is 5.75 Å². The highest BCUT2D eigenvalue weighted by Gasteiger charge is 2.51. The third kappa shape index (κ3) is 4.11. The van der Waals surface area contributed by atoms with Gasteiger partial charge in [0.05, 0.1) is 5.56 Å². The molecule has 4 aliphatic rings. The van der Waals surface area contributed by atoms with E-state index in [9.17, 15) is 9.59 Å². The molecular weight excluding hydrogens is 444 g/mol. The van der Waals surface area contributed by atoms with E-state index in [1.165, 1.54) is 29.5 Å². The molecule has 2 aromatic carbocycles. The number of carbonyl (C=O) groups is 2. The smallest absolute Gasteiger partial charge is 0.343 e. The Morgan fingerprint density at radius 1 is 1.08 bits per heavy atom. The number of Topliss-reactive ketones (excluding diaryl/α,β-unsaturated/α-hetero) is 1. The van der Waals surface area contributed by atoms with Crippen molar-refractivity contribution in [3.8, 4) is 17.6 Å². The number of allylic oxidation sites excluding steroid dienone is 2. The Labute approximate surface area is 214 Å². The number of hydrogen-bond acceptors (Lipinski definition) is 3. The lowest BCUT2D eigenvalue weighted by Crippen LogP contribution is -2.41. The van der Waals surface area contributed by atoms with E-state index in [-0.39, 0.29) is 17.3 Å². The van der Waals surface area contributed by atoms with Crippen LogP contribution in [0.3, 0.4) is 0 Å². The summed E-state index contributed by atoms with van der Waals surface area (Å²) in [6.45, 7) is 2.43. The average molecular weight is 479 g/mol. The van der Waals surface area contributed by atoms with Crippen molar-refractivity contribution in [2.24, 2.45) is 23.2 Å². The van der Waals surface area contributed by atoms with Crippen LogP contribution in [0.4, 0.5) is 0 Å². The molecule has 0 aromatic heterocycles. The molecule has 0 radical (unpaired) electrons. The van der Waals surface area contributed by atoms with Gasteiger partial charge >= 0.3 is 5.97 Å². The highest BCUT2D eigenvalue weighted by atomic mass is 16.5. The van der Waals surface area contributed by atoms with Crippen LogP contribution in [0.2, 0.25) is 0 Å². The number of carbonyl (C=O) groups excluding carboxylic acids is 2. The molecule has 2 fully saturated rings. The molecule has 3 nitrogen and oxygen atoms in total. The number of rotatable bonds is 3. The van der Waals surface area contributed by atoms with Crippen molar-refractivity contribution in [1.82, 2.24) is 0 Å². The quantitative estimate of drug-likeness (QED) is 0.269. The van der Waals surface area contributed by atoms with Gasteiger partial charge in [0.1, 0.15) is 11.5 Å². The molecule has 0 heterocycles. The summed E-state index contributed by atoms with van der Waals surface area (Å²) in [7, 11) is 0. The van der Waals surface area contributed by atoms with Crippen LogP contribution in [0.1, 0.15) is 85.7 Å². The van der Waals surface area contributed by atoms with Crippen molar-refractivity contribution >= 4 is 11.8 Å².